The summed E-state index contributed by atoms with van der Waals surface area (Å²) in [6, 6.07) is 7.36. The number of hydrogen-bond donors (Lipinski definition) is 0. The Morgan fingerprint density at radius 3 is 2.75 bits per heavy atom. The first kappa shape index (κ1) is 16.9. The van der Waals surface area contributed by atoms with Crippen LogP contribution in [0, 0.1) is 18.3 Å². The van der Waals surface area contributed by atoms with Crippen LogP contribution in [-0.2, 0) is 10.0 Å². The summed E-state index contributed by atoms with van der Waals surface area (Å²) < 4.78 is 27.1. The molecule has 0 bridgehead atoms. The van der Waals surface area contributed by atoms with Crippen molar-refractivity contribution in [3.63, 3.8) is 0 Å². The molecule has 1 aliphatic carbocycles. The second kappa shape index (κ2) is 5.83. The summed E-state index contributed by atoms with van der Waals surface area (Å²) in [6.45, 7) is 3.61. The van der Waals surface area contributed by atoms with Crippen LogP contribution in [0.3, 0.4) is 0 Å². The number of allylic oxidation sites excluding steroid dienone is 2. The van der Waals surface area contributed by atoms with Gasteiger partial charge in [0.2, 0.25) is 10.0 Å². The van der Waals surface area contributed by atoms with Crippen molar-refractivity contribution in [1.29, 1.82) is 5.26 Å². The van der Waals surface area contributed by atoms with Gasteiger partial charge in [-0.3, -0.25) is 0 Å². The van der Waals surface area contributed by atoms with E-state index in [-0.39, 0.29) is 0 Å². The largest absolute Gasteiger partial charge is 0.248 e. The lowest BCUT2D eigenvalue weighted by Crippen LogP contribution is -2.38. The third-order valence-electron chi connectivity index (χ3n) is 4.47. The predicted molar refractivity (Wildman–Crippen MR) is 99.5 cm³/mol. The van der Waals surface area contributed by atoms with Crippen molar-refractivity contribution in [3.8, 4) is 6.07 Å². The Bertz CT molecular complexity index is 1020. The minimum Gasteiger partial charge on any atom is -0.244 e. The van der Waals surface area contributed by atoms with E-state index >= 15 is 0 Å². The maximum absolute atomic E-state index is 13.4. The number of aryl methyl sites for hydroxylation is 1. The van der Waals surface area contributed by atoms with Gasteiger partial charge in [0.15, 0.2) is 0 Å². The molecule has 0 amide bonds. The van der Waals surface area contributed by atoms with Crippen LogP contribution < -0.4 is 0 Å². The molecule has 124 valence electrons. The molecule has 4 nitrogen and oxygen atoms in total. The smallest absolute Gasteiger partial charge is 0.244 e. The first-order valence-electron chi connectivity index (χ1n) is 7.53. The van der Waals surface area contributed by atoms with E-state index in [9.17, 15) is 13.7 Å². The molecule has 1 aromatic carbocycles. The van der Waals surface area contributed by atoms with Gasteiger partial charge in [-0.1, -0.05) is 18.2 Å². The molecule has 1 unspecified atom stereocenters. The van der Waals surface area contributed by atoms with E-state index in [1.807, 2.05) is 31.4 Å². The molecule has 0 radical (unpaired) electrons. The van der Waals surface area contributed by atoms with Gasteiger partial charge in [-0.2, -0.15) is 5.26 Å². The number of benzene rings is 1. The fraction of sp³-hybridized carbons (Fsp3) is 0.278. The molecular weight excluding hydrogens is 340 g/mol. The van der Waals surface area contributed by atoms with E-state index in [0.29, 0.717) is 22.9 Å². The van der Waals surface area contributed by atoms with E-state index in [1.165, 1.54) is 15.7 Å². The summed E-state index contributed by atoms with van der Waals surface area (Å²) in [6.07, 6.45) is 9.60. The average Bonchev–Trinajstić information content (AvgIpc) is 3.02. The van der Waals surface area contributed by atoms with Gasteiger partial charge in [0, 0.05) is 16.5 Å². The molecule has 1 aliphatic rings. The molecule has 0 N–H and O–H groups in total. The van der Waals surface area contributed by atoms with Crippen LogP contribution in [0.25, 0.3) is 10.9 Å². The first-order valence-corrected chi connectivity index (χ1v) is 10.2. The third-order valence-corrected chi connectivity index (χ3v) is 7.48. The molecule has 24 heavy (non-hydrogen) atoms. The van der Waals surface area contributed by atoms with Crippen LogP contribution in [0.15, 0.2) is 47.5 Å². The van der Waals surface area contributed by atoms with Gasteiger partial charge in [-0.25, -0.2) is 12.4 Å². The van der Waals surface area contributed by atoms with E-state index in [0.717, 1.165) is 10.5 Å². The van der Waals surface area contributed by atoms with E-state index in [4.69, 9.17) is 0 Å². The van der Waals surface area contributed by atoms with Crippen LogP contribution in [0.5, 0.6) is 0 Å². The summed E-state index contributed by atoms with van der Waals surface area (Å²) in [5.74, 6) is 0. The predicted octanol–water partition coefficient (Wildman–Crippen LogP) is 3.96. The highest BCUT2D eigenvalue weighted by atomic mass is 32.2. The Labute approximate surface area is 146 Å². The molecule has 1 aromatic heterocycles. The Balaban J connectivity index is 2.26. The maximum atomic E-state index is 13.4. The quantitative estimate of drug-likeness (QED) is 0.833. The number of thioether (sulfide) groups is 1. The SMILES string of the molecule is CSC1=CC(C)(S(=O)(=O)n2ccc3c(C#N)ccc(C)c32)CC=C1. The molecule has 0 saturated heterocycles. The van der Waals surface area contributed by atoms with Crippen LogP contribution in [0.2, 0.25) is 0 Å². The minimum atomic E-state index is -3.67. The van der Waals surface area contributed by atoms with Gasteiger partial charge < -0.3 is 0 Å². The van der Waals surface area contributed by atoms with Gasteiger partial charge in [0.05, 0.1) is 17.1 Å². The van der Waals surface area contributed by atoms with Crippen molar-refractivity contribution < 1.29 is 8.42 Å². The lowest BCUT2D eigenvalue weighted by molar-refractivity contribution is 0.554. The van der Waals surface area contributed by atoms with Gasteiger partial charge in [0.25, 0.3) is 0 Å². The van der Waals surface area contributed by atoms with Crippen molar-refractivity contribution >= 4 is 32.7 Å². The number of nitrogens with zero attached hydrogens (tertiary/aromatic N) is 2. The fourth-order valence-corrected chi connectivity index (χ4v) is 5.46. The third kappa shape index (κ3) is 2.40. The molecule has 0 saturated carbocycles. The number of nitriles is 1. The lowest BCUT2D eigenvalue weighted by Gasteiger charge is -2.29. The molecule has 0 fully saturated rings. The van der Waals surface area contributed by atoms with Crippen LogP contribution >= 0.6 is 11.8 Å². The summed E-state index contributed by atoms with van der Waals surface area (Å²) >= 11 is 1.53. The minimum absolute atomic E-state index is 0.427. The Morgan fingerprint density at radius 2 is 2.08 bits per heavy atom. The second-order valence-electron chi connectivity index (χ2n) is 6.09. The zero-order valence-corrected chi connectivity index (χ0v) is 15.4. The highest BCUT2D eigenvalue weighted by Gasteiger charge is 2.40. The zero-order chi connectivity index (χ0) is 17.5. The molecular formula is C18H18N2O2S2. The molecule has 6 heteroatoms. The van der Waals surface area contributed by atoms with E-state index < -0.39 is 14.8 Å². The van der Waals surface area contributed by atoms with Gasteiger partial charge in [0.1, 0.15) is 4.75 Å². The summed E-state index contributed by atoms with van der Waals surface area (Å²) in [5.41, 5.74) is 1.91. The summed E-state index contributed by atoms with van der Waals surface area (Å²) in [5, 5.41) is 9.95. The molecule has 0 aliphatic heterocycles. The van der Waals surface area contributed by atoms with E-state index in [2.05, 4.69) is 6.07 Å². The van der Waals surface area contributed by atoms with Crippen molar-refractivity contribution in [2.45, 2.75) is 25.0 Å². The highest BCUT2D eigenvalue weighted by Crippen LogP contribution is 2.36. The van der Waals surface area contributed by atoms with Gasteiger partial charge in [-0.05, 0) is 50.3 Å². The standard InChI is InChI=1S/C18H18N2O2S2/c1-13-6-7-14(12-19)16-8-10-20(17(13)16)24(21,22)18(2)9-4-5-15(11-18)23-3/h4-8,10-11H,9H2,1-3H3. The van der Waals surface area contributed by atoms with Crippen molar-refractivity contribution in [2.24, 2.45) is 0 Å². The lowest BCUT2D eigenvalue weighted by atomic mass is 10.0. The average molecular weight is 358 g/mol. The zero-order valence-electron chi connectivity index (χ0n) is 13.8. The maximum Gasteiger partial charge on any atom is 0.248 e. The molecule has 1 atom stereocenters. The van der Waals surface area contributed by atoms with Crippen molar-refractivity contribution in [1.82, 2.24) is 3.97 Å². The van der Waals surface area contributed by atoms with Gasteiger partial charge in [-0.15, -0.1) is 11.8 Å². The van der Waals surface area contributed by atoms with Crippen molar-refractivity contribution in [3.05, 3.63) is 58.7 Å². The first-order chi connectivity index (χ1) is 11.3. The number of aromatic nitrogens is 1. The Hall–Kier alpha value is -1.97. The fourth-order valence-electron chi connectivity index (χ4n) is 3.04. The molecule has 3 rings (SSSR count). The van der Waals surface area contributed by atoms with Crippen LogP contribution in [0.4, 0.5) is 0 Å². The topological polar surface area (TPSA) is 62.9 Å². The number of fused-ring (bicyclic) bond motifs is 1. The Morgan fingerprint density at radius 1 is 1.33 bits per heavy atom. The van der Waals surface area contributed by atoms with Gasteiger partial charge >= 0.3 is 0 Å². The number of rotatable bonds is 3. The normalized spacial score (nSPS) is 20.8. The summed E-state index contributed by atoms with van der Waals surface area (Å²) in [7, 11) is -3.67. The Kier molecular flexibility index (Phi) is 4.10. The second-order valence-corrected chi connectivity index (χ2v) is 9.25. The van der Waals surface area contributed by atoms with Crippen LogP contribution in [0.1, 0.15) is 24.5 Å². The monoisotopic (exact) mass is 358 g/mol. The molecule has 2 aromatic rings. The summed E-state index contributed by atoms with van der Waals surface area (Å²) in [4.78, 5) is 0.943. The highest BCUT2D eigenvalue weighted by molar-refractivity contribution is 8.02. The molecule has 0 spiro atoms. The number of hydrogen-bond acceptors (Lipinski definition) is 4. The molecule has 1 heterocycles. The van der Waals surface area contributed by atoms with Crippen LogP contribution in [-0.4, -0.2) is 23.4 Å². The van der Waals surface area contributed by atoms with Crippen molar-refractivity contribution in [2.75, 3.05) is 6.26 Å². The van der Waals surface area contributed by atoms with E-state index in [1.54, 1.807) is 31.3 Å².